The maximum atomic E-state index is 9.83. The van der Waals surface area contributed by atoms with Crippen LogP contribution in [0.1, 0.15) is 24.7 Å². The molecule has 4 heteroatoms. The Morgan fingerprint density at radius 1 is 1.17 bits per heavy atom. The maximum Gasteiger partial charge on any atom is 0.138 e. The van der Waals surface area contributed by atoms with Gasteiger partial charge in [0, 0.05) is 25.3 Å². The second kappa shape index (κ2) is 7.34. The molecule has 1 rings (SSSR count). The zero-order chi connectivity index (χ0) is 13.5. The van der Waals surface area contributed by atoms with Crippen LogP contribution in [0, 0.1) is 6.92 Å². The van der Waals surface area contributed by atoms with E-state index in [9.17, 15) is 5.11 Å². The second-order valence-electron chi connectivity index (χ2n) is 5.00. The molecule has 1 aromatic heterocycles. The molecule has 0 unspecified atom stereocenters. The number of pyridine rings is 1. The van der Waals surface area contributed by atoms with E-state index in [0.29, 0.717) is 5.75 Å². The van der Waals surface area contributed by atoms with Gasteiger partial charge in [-0.15, -0.1) is 0 Å². The van der Waals surface area contributed by atoms with Crippen LogP contribution in [0.15, 0.2) is 12.1 Å². The first-order valence-corrected chi connectivity index (χ1v) is 6.55. The van der Waals surface area contributed by atoms with E-state index < -0.39 is 0 Å². The fraction of sp³-hybridized carbons (Fsp3) is 0.643. The summed E-state index contributed by atoms with van der Waals surface area (Å²) in [6, 6.07) is 3.57. The molecule has 0 aliphatic heterocycles. The molecule has 102 valence electrons. The summed E-state index contributed by atoms with van der Waals surface area (Å²) in [5, 5.41) is 9.83. The predicted octanol–water partition coefficient (Wildman–Crippen LogP) is 1.87. The summed E-state index contributed by atoms with van der Waals surface area (Å²) in [5.41, 5.74) is 1.73. The molecule has 0 radical (unpaired) electrons. The zero-order valence-corrected chi connectivity index (χ0v) is 12.0. The van der Waals surface area contributed by atoms with Gasteiger partial charge in [-0.3, -0.25) is 9.88 Å². The number of nitrogens with zero attached hydrogens (tertiary/aromatic N) is 3. The minimum Gasteiger partial charge on any atom is -0.506 e. The average Bonchev–Trinajstić information content (AvgIpc) is 2.31. The van der Waals surface area contributed by atoms with Crippen LogP contribution >= 0.6 is 0 Å². The number of hydrogen-bond acceptors (Lipinski definition) is 4. The van der Waals surface area contributed by atoms with Crippen LogP contribution < -0.4 is 0 Å². The molecule has 18 heavy (non-hydrogen) atoms. The molecule has 0 atom stereocenters. The lowest BCUT2D eigenvalue weighted by Crippen LogP contribution is -2.32. The van der Waals surface area contributed by atoms with Gasteiger partial charge in [0.05, 0.1) is 5.69 Å². The van der Waals surface area contributed by atoms with E-state index in [0.717, 1.165) is 44.0 Å². The summed E-state index contributed by atoms with van der Waals surface area (Å²) in [6.07, 6.45) is 1.11. The number of likely N-dealkylation sites (N-methyl/N-ethyl adjacent to an activating group) is 1. The van der Waals surface area contributed by atoms with Gasteiger partial charge in [0.15, 0.2) is 0 Å². The van der Waals surface area contributed by atoms with Crippen LogP contribution in [0.25, 0.3) is 0 Å². The molecule has 0 aliphatic rings. The van der Waals surface area contributed by atoms with Crippen molar-refractivity contribution in [3.63, 3.8) is 0 Å². The van der Waals surface area contributed by atoms with E-state index in [4.69, 9.17) is 0 Å². The first-order valence-electron chi connectivity index (χ1n) is 6.55. The highest BCUT2D eigenvalue weighted by atomic mass is 16.3. The van der Waals surface area contributed by atoms with Gasteiger partial charge in [-0.2, -0.15) is 0 Å². The monoisotopic (exact) mass is 251 g/mol. The molecule has 0 fully saturated rings. The molecule has 0 saturated heterocycles. The molecule has 1 heterocycles. The Balaban J connectivity index is 2.66. The predicted molar refractivity (Wildman–Crippen MR) is 74.8 cm³/mol. The van der Waals surface area contributed by atoms with Crippen molar-refractivity contribution in [2.75, 3.05) is 33.7 Å². The van der Waals surface area contributed by atoms with Crippen molar-refractivity contribution in [2.45, 2.75) is 26.8 Å². The minimum absolute atomic E-state index is 0.298. The fourth-order valence-corrected chi connectivity index (χ4v) is 1.86. The summed E-state index contributed by atoms with van der Waals surface area (Å²) in [5.74, 6) is 0.298. The highest BCUT2D eigenvalue weighted by molar-refractivity contribution is 5.27. The Bertz CT molecular complexity index is 366. The van der Waals surface area contributed by atoms with Crippen molar-refractivity contribution in [2.24, 2.45) is 0 Å². The molecule has 1 N–H and O–H groups in total. The van der Waals surface area contributed by atoms with Crippen LogP contribution in [-0.4, -0.2) is 53.6 Å². The smallest absolute Gasteiger partial charge is 0.138 e. The van der Waals surface area contributed by atoms with Gasteiger partial charge in [-0.25, -0.2) is 0 Å². The molecule has 4 nitrogen and oxygen atoms in total. The van der Waals surface area contributed by atoms with Gasteiger partial charge >= 0.3 is 0 Å². The van der Waals surface area contributed by atoms with Crippen molar-refractivity contribution >= 4 is 0 Å². The van der Waals surface area contributed by atoms with Gasteiger partial charge in [0.25, 0.3) is 0 Å². The Hall–Kier alpha value is -1.13. The van der Waals surface area contributed by atoms with E-state index in [2.05, 4.69) is 35.8 Å². The first kappa shape index (κ1) is 14.9. The van der Waals surface area contributed by atoms with Crippen molar-refractivity contribution in [1.82, 2.24) is 14.8 Å². The van der Waals surface area contributed by atoms with E-state index >= 15 is 0 Å². The third-order valence-electron chi connectivity index (χ3n) is 2.87. The Morgan fingerprint density at radius 2 is 1.89 bits per heavy atom. The summed E-state index contributed by atoms with van der Waals surface area (Å²) in [6.45, 7) is 7.89. The summed E-state index contributed by atoms with van der Waals surface area (Å²) < 4.78 is 0. The highest BCUT2D eigenvalue weighted by Gasteiger charge is 2.10. The van der Waals surface area contributed by atoms with Gasteiger partial charge in [-0.05, 0) is 46.1 Å². The number of rotatable bonds is 7. The van der Waals surface area contributed by atoms with Crippen molar-refractivity contribution in [3.8, 4) is 5.75 Å². The van der Waals surface area contributed by atoms with Gasteiger partial charge in [0.1, 0.15) is 5.75 Å². The lowest BCUT2D eigenvalue weighted by Gasteiger charge is -2.23. The Morgan fingerprint density at radius 3 is 2.50 bits per heavy atom. The fourth-order valence-electron chi connectivity index (χ4n) is 1.86. The molecule has 0 amide bonds. The lowest BCUT2D eigenvalue weighted by atomic mass is 10.2. The minimum atomic E-state index is 0.298. The van der Waals surface area contributed by atoms with Crippen molar-refractivity contribution in [3.05, 3.63) is 23.5 Å². The van der Waals surface area contributed by atoms with Crippen LogP contribution in [0.3, 0.4) is 0 Å². The Kier molecular flexibility index (Phi) is 6.09. The van der Waals surface area contributed by atoms with E-state index in [1.54, 1.807) is 6.07 Å². The topological polar surface area (TPSA) is 39.6 Å². The normalized spacial score (nSPS) is 11.4. The summed E-state index contributed by atoms with van der Waals surface area (Å²) >= 11 is 0. The molecule has 0 spiro atoms. The standard InChI is InChI=1S/C14H25N3O/c1-5-8-17(10-9-16(3)4)11-13-14(18)7-6-12(2)15-13/h6-7,18H,5,8-11H2,1-4H3. The number of aromatic nitrogens is 1. The van der Waals surface area contributed by atoms with Crippen molar-refractivity contribution in [1.29, 1.82) is 0 Å². The van der Waals surface area contributed by atoms with E-state index in [1.165, 1.54) is 0 Å². The number of hydrogen-bond donors (Lipinski definition) is 1. The van der Waals surface area contributed by atoms with Crippen LogP contribution in [0.5, 0.6) is 5.75 Å². The summed E-state index contributed by atoms with van der Waals surface area (Å²) in [4.78, 5) is 8.92. The highest BCUT2D eigenvalue weighted by Crippen LogP contribution is 2.16. The zero-order valence-electron chi connectivity index (χ0n) is 12.0. The lowest BCUT2D eigenvalue weighted by molar-refractivity contribution is 0.229. The molecule has 0 bridgehead atoms. The first-order chi connectivity index (χ1) is 8.52. The summed E-state index contributed by atoms with van der Waals surface area (Å²) in [7, 11) is 4.15. The quantitative estimate of drug-likeness (QED) is 0.803. The molecular formula is C14H25N3O. The van der Waals surface area contributed by atoms with Crippen LogP contribution in [0.2, 0.25) is 0 Å². The molecule has 0 saturated carbocycles. The van der Waals surface area contributed by atoms with E-state index in [-0.39, 0.29) is 0 Å². The third-order valence-corrected chi connectivity index (χ3v) is 2.87. The SMILES string of the molecule is CCCN(CCN(C)C)Cc1nc(C)ccc1O. The molecular weight excluding hydrogens is 226 g/mol. The maximum absolute atomic E-state index is 9.83. The molecule has 0 aliphatic carbocycles. The molecule has 0 aromatic carbocycles. The van der Waals surface area contributed by atoms with Crippen LogP contribution in [0.4, 0.5) is 0 Å². The number of aryl methyl sites for hydroxylation is 1. The Labute approximate surface area is 110 Å². The van der Waals surface area contributed by atoms with Gasteiger partial charge in [0.2, 0.25) is 0 Å². The second-order valence-corrected chi connectivity index (χ2v) is 5.00. The van der Waals surface area contributed by atoms with E-state index in [1.807, 2.05) is 13.0 Å². The van der Waals surface area contributed by atoms with Gasteiger partial charge in [-0.1, -0.05) is 6.92 Å². The van der Waals surface area contributed by atoms with Crippen molar-refractivity contribution < 1.29 is 5.11 Å². The molecule has 1 aromatic rings. The van der Waals surface area contributed by atoms with Gasteiger partial charge < -0.3 is 10.0 Å². The number of aromatic hydroxyl groups is 1. The van der Waals surface area contributed by atoms with Crippen LogP contribution in [-0.2, 0) is 6.54 Å². The third kappa shape index (κ3) is 5.02. The largest absolute Gasteiger partial charge is 0.506 e. The average molecular weight is 251 g/mol.